The lowest BCUT2D eigenvalue weighted by Gasteiger charge is -2.22. The highest BCUT2D eigenvalue weighted by molar-refractivity contribution is 7.92. The summed E-state index contributed by atoms with van der Waals surface area (Å²) in [5.74, 6) is 0.734. The number of nitrogens with one attached hydrogen (secondary N) is 2. The molecule has 1 amide bonds. The van der Waals surface area contributed by atoms with Crippen molar-refractivity contribution in [2.75, 3.05) is 23.8 Å². The number of sulfonamides is 1. The van der Waals surface area contributed by atoms with Crippen molar-refractivity contribution in [1.29, 1.82) is 0 Å². The minimum Gasteiger partial charge on any atom is -0.495 e. The number of para-hydroxylation sites is 1. The Morgan fingerprint density at radius 1 is 0.941 bits per heavy atom. The van der Waals surface area contributed by atoms with Gasteiger partial charge in [0.25, 0.3) is 15.9 Å². The number of methoxy groups -OCH3 is 1. The molecule has 180 valence electrons. The molecule has 0 aliphatic rings. The molecule has 0 heterocycles. The van der Waals surface area contributed by atoms with Crippen LogP contribution in [-0.4, -0.2) is 28.0 Å². The number of amides is 1. The fourth-order valence-electron chi connectivity index (χ4n) is 3.38. The fourth-order valence-corrected chi connectivity index (χ4v) is 4.44. The van der Waals surface area contributed by atoms with E-state index in [4.69, 9.17) is 9.47 Å². The maximum atomic E-state index is 12.8. The van der Waals surface area contributed by atoms with Crippen LogP contribution in [0.2, 0.25) is 0 Å². The quantitative estimate of drug-likeness (QED) is 0.465. The van der Waals surface area contributed by atoms with Crippen molar-refractivity contribution in [3.05, 3.63) is 77.9 Å². The van der Waals surface area contributed by atoms with Crippen LogP contribution >= 0.6 is 0 Å². The third-order valence-corrected chi connectivity index (χ3v) is 6.48. The molecule has 3 aromatic carbocycles. The van der Waals surface area contributed by atoms with Gasteiger partial charge in [0.05, 0.1) is 17.7 Å². The second-order valence-electron chi connectivity index (χ2n) is 8.92. The molecule has 0 spiro atoms. The Hall–Kier alpha value is -3.52. The van der Waals surface area contributed by atoms with Crippen molar-refractivity contribution in [3.63, 3.8) is 0 Å². The summed E-state index contributed by atoms with van der Waals surface area (Å²) in [5, 5.41) is 2.73. The average molecular weight is 483 g/mol. The monoisotopic (exact) mass is 482 g/mol. The summed E-state index contributed by atoms with van der Waals surface area (Å²) in [7, 11) is -2.36. The van der Waals surface area contributed by atoms with E-state index in [-0.39, 0.29) is 22.8 Å². The SMILES string of the molecule is COc1ccc(C)cc1NS(=O)(=O)c1ccc(NC(=O)COc2ccccc2C(C)(C)C)cc1. The number of hydrogen-bond acceptors (Lipinski definition) is 5. The molecule has 0 atom stereocenters. The maximum Gasteiger partial charge on any atom is 0.262 e. The van der Waals surface area contributed by atoms with Gasteiger partial charge in [-0.25, -0.2) is 8.42 Å². The average Bonchev–Trinajstić information content (AvgIpc) is 2.77. The smallest absolute Gasteiger partial charge is 0.262 e. The van der Waals surface area contributed by atoms with E-state index in [1.807, 2.05) is 37.3 Å². The molecule has 3 aromatic rings. The molecule has 8 heteroatoms. The van der Waals surface area contributed by atoms with E-state index >= 15 is 0 Å². The first kappa shape index (κ1) is 25.1. The molecular formula is C26H30N2O5S. The van der Waals surface area contributed by atoms with Crippen LogP contribution < -0.4 is 19.5 Å². The molecule has 34 heavy (non-hydrogen) atoms. The van der Waals surface area contributed by atoms with Crippen LogP contribution in [0.25, 0.3) is 0 Å². The van der Waals surface area contributed by atoms with Gasteiger partial charge >= 0.3 is 0 Å². The number of benzene rings is 3. The van der Waals surface area contributed by atoms with E-state index < -0.39 is 10.0 Å². The lowest BCUT2D eigenvalue weighted by atomic mass is 9.86. The second kappa shape index (κ2) is 10.2. The molecule has 0 aliphatic heterocycles. The van der Waals surface area contributed by atoms with Crippen molar-refractivity contribution < 1.29 is 22.7 Å². The Morgan fingerprint density at radius 3 is 2.26 bits per heavy atom. The molecule has 0 aromatic heterocycles. The van der Waals surface area contributed by atoms with Gasteiger partial charge in [0, 0.05) is 5.69 Å². The standard InChI is InChI=1S/C26H30N2O5S/c1-18-10-15-24(32-5)22(16-18)28-34(30,31)20-13-11-19(12-14-20)27-25(29)17-33-23-9-7-6-8-21(23)26(2,3)4/h6-16,28H,17H2,1-5H3,(H,27,29). The van der Waals surface area contributed by atoms with E-state index in [1.165, 1.54) is 31.4 Å². The minimum atomic E-state index is -3.84. The third kappa shape index (κ3) is 6.29. The highest BCUT2D eigenvalue weighted by atomic mass is 32.2. The molecule has 0 unspecified atom stereocenters. The highest BCUT2D eigenvalue weighted by Gasteiger charge is 2.19. The van der Waals surface area contributed by atoms with E-state index in [2.05, 4.69) is 30.8 Å². The summed E-state index contributed by atoms with van der Waals surface area (Å²) in [6, 6.07) is 18.8. The summed E-state index contributed by atoms with van der Waals surface area (Å²) in [5.41, 5.74) is 2.60. The van der Waals surface area contributed by atoms with Gasteiger partial charge in [0.1, 0.15) is 11.5 Å². The molecule has 7 nitrogen and oxygen atoms in total. The Balaban J connectivity index is 1.65. The van der Waals surface area contributed by atoms with Crippen LogP contribution in [0, 0.1) is 6.92 Å². The Morgan fingerprint density at radius 2 is 1.62 bits per heavy atom. The molecule has 0 radical (unpaired) electrons. The molecule has 0 bridgehead atoms. The molecular weight excluding hydrogens is 452 g/mol. The molecule has 3 rings (SSSR count). The van der Waals surface area contributed by atoms with E-state index in [1.54, 1.807) is 12.1 Å². The summed E-state index contributed by atoms with van der Waals surface area (Å²) in [6.45, 7) is 7.93. The Labute approximate surface area is 201 Å². The lowest BCUT2D eigenvalue weighted by molar-refractivity contribution is -0.118. The first-order valence-electron chi connectivity index (χ1n) is 10.8. The number of ether oxygens (including phenoxy) is 2. The van der Waals surface area contributed by atoms with Crippen molar-refractivity contribution in [2.24, 2.45) is 0 Å². The van der Waals surface area contributed by atoms with Crippen LogP contribution in [0.1, 0.15) is 31.9 Å². The molecule has 2 N–H and O–H groups in total. The number of carbonyl (C=O) groups excluding carboxylic acids is 1. The van der Waals surface area contributed by atoms with Crippen LogP contribution in [0.4, 0.5) is 11.4 Å². The predicted molar refractivity (Wildman–Crippen MR) is 134 cm³/mol. The van der Waals surface area contributed by atoms with Crippen molar-refractivity contribution in [2.45, 2.75) is 38.0 Å². The third-order valence-electron chi connectivity index (χ3n) is 5.10. The zero-order valence-electron chi connectivity index (χ0n) is 20.0. The number of rotatable bonds is 8. The summed E-state index contributed by atoms with van der Waals surface area (Å²) >= 11 is 0. The van der Waals surface area contributed by atoms with E-state index in [0.29, 0.717) is 22.9 Å². The zero-order valence-corrected chi connectivity index (χ0v) is 20.8. The van der Waals surface area contributed by atoms with Gasteiger partial charge in [-0.15, -0.1) is 0 Å². The normalized spacial score (nSPS) is 11.6. The first-order chi connectivity index (χ1) is 16.0. The lowest BCUT2D eigenvalue weighted by Crippen LogP contribution is -2.22. The maximum absolute atomic E-state index is 12.8. The van der Waals surface area contributed by atoms with Crippen molar-refractivity contribution >= 4 is 27.3 Å². The van der Waals surface area contributed by atoms with Gasteiger partial charge < -0.3 is 14.8 Å². The molecule has 0 saturated heterocycles. The summed E-state index contributed by atoms with van der Waals surface area (Å²) < 4.78 is 39.2. The topological polar surface area (TPSA) is 93.7 Å². The van der Waals surface area contributed by atoms with Gasteiger partial charge in [-0.05, 0) is 65.9 Å². The van der Waals surface area contributed by atoms with Crippen LogP contribution in [-0.2, 0) is 20.2 Å². The number of hydrogen-bond donors (Lipinski definition) is 2. The molecule has 0 aliphatic carbocycles. The number of aryl methyl sites for hydroxylation is 1. The zero-order chi connectivity index (χ0) is 24.9. The van der Waals surface area contributed by atoms with Crippen molar-refractivity contribution in [3.8, 4) is 11.5 Å². The number of anilines is 2. The van der Waals surface area contributed by atoms with Crippen LogP contribution in [0.3, 0.4) is 0 Å². The van der Waals surface area contributed by atoms with Gasteiger partial charge in [-0.3, -0.25) is 9.52 Å². The fraction of sp³-hybridized carbons (Fsp3) is 0.269. The van der Waals surface area contributed by atoms with Crippen LogP contribution in [0.15, 0.2) is 71.6 Å². The van der Waals surface area contributed by atoms with Gasteiger partial charge in [0.15, 0.2) is 6.61 Å². The summed E-state index contributed by atoms with van der Waals surface area (Å²) in [6.07, 6.45) is 0. The first-order valence-corrected chi connectivity index (χ1v) is 12.3. The van der Waals surface area contributed by atoms with E-state index in [0.717, 1.165) is 11.1 Å². The largest absolute Gasteiger partial charge is 0.495 e. The van der Waals surface area contributed by atoms with Crippen LogP contribution in [0.5, 0.6) is 11.5 Å². The van der Waals surface area contributed by atoms with E-state index in [9.17, 15) is 13.2 Å². The number of carbonyl (C=O) groups is 1. The minimum absolute atomic E-state index is 0.0596. The van der Waals surface area contributed by atoms with Gasteiger partial charge in [0.2, 0.25) is 0 Å². The highest BCUT2D eigenvalue weighted by Crippen LogP contribution is 2.31. The Kier molecular flexibility index (Phi) is 7.51. The summed E-state index contributed by atoms with van der Waals surface area (Å²) in [4.78, 5) is 12.5. The second-order valence-corrected chi connectivity index (χ2v) is 10.6. The molecule has 0 fully saturated rings. The molecule has 0 saturated carbocycles. The van der Waals surface area contributed by atoms with Gasteiger partial charge in [-0.2, -0.15) is 0 Å². The predicted octanol–water partition coefficient (Wildman–Crippen LogP) is 5.12. The van der Waals surface area contributed by atoms with Gasteiger partial charge in [-0.1, -0.05) is 45.0 Å². The Bertz CT molecular complexity index is 1260. The van der Waals surface area contributed by atoms with Crippen molar-refractivity contribution in [1.82, 2.24) is 0 Å².